The molecule has 0 bridgehead atoms. The molecule has 0 atom stereocenters. The molecular weight excluding hydrogens is 510 g/mol. The van der Waals surface area contributed by atoms with Crippen molar-refractivity contribution in [3.8, 4) is 0 Å². The lowest BCUT2D eigenvalue weighted by molar-refractivity contribution is -0.136. The van der Waals surface area contributed by atoms with Gasteiger partial charge in [-0.3, -0.25) is 19.3 Å². The Hall–Kier alpha value is -4.63. The third kappa shape index (κ3) is 5.52. The first-order chi connectivity index (χ1) is 18.2. The first-order valence-electron chi connectivity index (χ1n) is 11.5. The highest BCUT2D eigenvalue weighted by atomic mass is 35.5. The minimum Gasteiger partial charge on any atom is -0.465 e. The number of rotatable bonds is 6. The van der Waals surface area contributed by atoms with Crippen LogP contribution < -0.4 is 15.5 Å². The van der Waals surface area contributed by atoms with Crippen molar-refractivity contribution in [2.45, 2.75) is 20.4 Å². The van der Waals surface area contributed by atoms with Crippen molar-refractivity contribution in [2.75, 3.05) is 17.3 Å². The first-order valence-corrected chi connectivity index (χ1v) is 11.9. The Kier molecular flexibility index (Phi) is 7.78. The van der Waals surface area contributed by atoms with Gasteiger partial charge in [-0.25, -0.2) is 4.79 Å². The normalized spacial score (nSPS) is 14.2. The number of halogens is 1. The van der Waals surface area contributed by atoms with Gasteiger partial charge in [-0.1, -0.05) is 35.9 Å². The van der Waals surface area contributed by atoms with E-state index in [-0.39, 0.29) is 23.5 Å². The van der Waals surface area contributed by atoms with Gasteiger partial charge in [0.05, 0.1) is 30.5 Å². The molecular formula is C28H24ClN3O6. The van der Waals surface area contributed by atoms with Crippen LogP contribution in [0.4, 0.5) is 11.4 Å². The van der Waals surface area contributed by atoms with E-state index in [2.05, 4.69) is 10.6 Å². The lowest BCUT2D eigenvalue weighted by Gasteiger charge is -2.18. The van der Waals surface area contributed by atoms with Crippen molar-refractivity contribution in [1.82, 2.24) is 5.32 Å². The van der Waals surface area contributed by atoms with Crippen molar-refractivity contribution in [1.29, 1.82) is 0 Å². The fourth-order valence-electron chi connectivity index (χ4n) is 3.88. The van der Waals surface area contributed by atoms with Crippen LogP contribution in [-0.2, 0) is 30.5 Å². The zero-order chi connectivity index (χ0) is 27.4. The summed E-state index contributed by atoms with van der Waals surface area (Å²) < 4.78 is 10.7. The van der Waals surface area contributed by atoms with E-state index in [9.17, 15) is 19.2 Å². The maximum atomic E-state index is 13.4. The molecule has 9 nitrogen and oxygen atoms in total. The standard InChI is InChI=1S/C28H24ClN3O6/c1-16-9-10-19(13-23(16)29)32-17(2)24(28(36)37-3)22(27(32)35)14-20-11-12-21(38-20)15-30-25(33)26(34)31-18-7-5-4-6-8-18/h4-14H,15H2,1-3H3,(H,30,33)(H,31,34)/b22-14+. The van der Waals surface area contributed by atoms with Gasteiger partial charge in [0.1, 0.15) is 11.5 Å². The molecule has 3 amide bonds. The van der Waals surface area contributed by atoms with E-state index in [1.165, 1.54) is 18.1 Å². The molecule has 2 heterocycles. The summed E-state index contributed by atoms with van der Waals surface area (Å²) in [5, 5.41) is 5.46. The van der Waals surface area contributed by atoms with Gasteiger partial charge in [0.2, 0.25) is 0 Å². The summed E-state index contributed by atoms with van der Waals surface area (Å²) in [6.45, 7) is 3.42. The lowest BCUT2D eigenvalue weighted by atomic mass is 10.1. The third-order valence-corrected chi connectivity index (χ3v) is 6.24. The maximum absolute atomic E-state index is 13.4. The zero-order valence-corrected chi connectivity index (χ0v) is 21.6. The number of hydrogen-bond acceptors (Lipinski definition) is 6. The number of esters is 1. The third-order valence-electron chi connectivity index (χ3n) is 5.83. The maximum Gasteiger partial charge on any atom is 0.340 e. The molecule has 194 valence electrons. The van der Waals surface area contributed by atoms with Crippen LogP contribution in [0, 0.1) is 6.92 Å². The van der Waals surface area contributed by atoms with E-state index >= 15 is 0 Å². The topological polar surface area (TPSA) is 118 Å². The van der Waals surface area contributed by atoms with Gasteiger partial charge >= 0.3 is 17.8 Å². The van der Waals surface area contributed by atoms with E-state index < -0.39 is 23.7 Å². The molecule has 0 saturated heterocycles. The average Bonchev–Trinajstić information content (AvgIpc) is 3.46. The molecule has 10 heteroatoms. The number of carbonyl (C=O) groups is 4. The first kappa shape index (κ1) is 26.4. The lowest BCUT2D eigenvalue weighted by Crippen LogP contribution is -2.34. The number of furan rings is 1. The number of ether oxygens (including phenoxy) is 1. The highest BCUT2D eigenvalue weighted by Gasteiger charge is 2.38. The highest BCUT2D eigenvalue weighted by Crippen LogP contribution is 2.37. The summed E-state index contributed by atoms with van der Waals surface area (Å²) in [6, 6.07) is 16.9. The molecule has 0 saturated carbocycles. The number of allylic oxidation sites excluding steroid dienone is 1. The van der Waals surface area contributed by atoms with Crippen molar-refractivity contribution in [3.05, 3.63) is 99.6 Å². The fourth-order valence-corrected chi connectivity index (χ4v) is 4.05. The number of benzene rings is 2. The van der Waals surface area contributed by atoms with Gasteiger partial charge in [-0.15, -0.1) is 0 Å². The van der Waals surface area contributed by atoms with Gasteiger partial charge < -0.3 is 19.8 Å². The monoisotopic (exact) mass is 533 g/mol. The van der Waals surface area contributed by atoms with Gasteiger partial charge in [0.15, 0.2) is 0 Å². The van der Waals surface area contributed by atoms with Crippen LogP contribution in [0.3, 0.4) is 0 Å². The van der Waals surface area contributed by atoms with Gasteiger partial charge in [0, 0.05) is 16.4 Å². The van der Waals surface area contributed by atoms with Crippen LogP contribution in [0.25, 0.3) is 6.08 Å². The van der Waals surface area contributed by atoms with Crippen molar-refractivity contribution in [3.63, 3.8) is 0 Å². The molecule has 1 aromatic heterocycles. The predicted octanol–water partition coefficient (Wildman–Crippen LogP) is 4.37. The summed E-state index contributed by atoms with van der Waals surface area (Å²) >= 11 is 6.26. The molecule has 1 aliphatic heterocycles. The van der Waals surface area contributed by atoms with Gasteiger partial charge in [0.25, 0.3) is 5.91 Å². The zero-order valence-electron chi connectivity index (χ0n) is 20.8. The molecule has 0 unspecified atom stereocenters. The van der Waals surface area contributed by atoms with Crippen LogP contribution >= 0.6 is 11.6 Å². The number of nitrogens with zero attached hydrogens (tertiary/aromatic N) is 1. The number of para-hydroxylation sites is 1. The minimum atomic E-state index is -0.838. The smallest absolute Gasteiger partial charge is 0.340 e. The van der Waals surface area contributed by atoms with Gasteiger partial charge in [-0.2, -0.15) is 0 Å². The fraction of sp³-hybridized carbons (Fsp3) is 0.143. The Morgan fingerprint density at radius 2 is 1.76 bits per heavy atom. The summed E-state index contributed by atoms with van der Waals surface area (Å²) in [6.07, 6.45) is 1.43. The average molecular weight is 534 g/mol. The summed E-state index contributed by atoms with van der Waals surface area (Å²) in [7, 11) is 1.23. The van der Waals surface area contributed by atoms with E-state index in [4.69, 9.17) is 20.8 Å². The second-order valence-electron chi connectivity index (χ2n) is 8.39. The summed E-state index contributed by atoms with van der Waals surface area (Å²) in [5.41, 5.74) is 2.41. The minimum absolute atomic E-state index is 0.0646. The largest absolute Gasteiger partial charge is 0.465 e. The summed E-state index contributed by atoms with van der Waals surface area (Å²) in [5.74, 6) is -2.18. The molecule has 0 fully saturated rings. The number of nitrogens with one attached hydrogen (secondary N) is 2. The molecule has 0 spiro atoms. The van der Waals surface area contributed by atoms with Crippen LogP contribution in [0.15, 0.2) is 81.9 Å². The van der Waals surface area contributed by atoms with E-state index in [0.717, 1.165) is 5.56 Å². The predicted molar refractivity (Wildman–Crippen MR) is 142 cm³/mol. The molecule has 0 aliphatic carbocycles. The molecule has 0 radical (unpaired) electrons. The van der Waals surface area contributed by atoms with Gasteiger partial charge in [-0.05, 0) is 61.9 Å². The Labute approximate surface area is 223 Å². The highest BCUT2D eigenvalue weighted by molar-refractivity contribution is 6.39. The molecule has 1 aliphatic rings. The second kappa shape index (κ2) is 11.2. The molecule has 4 rings (SSSR count). The Balaban J connectivity index is 1.52. The van der Waals surface area contributed by atoms with Crippen molar-refractivity contribution in [2.24, 2.45) is 0 Å². The van der Waals surface area contributed by atoms with E-state index in [0.29, 0.717) is 27.9 Å². The van der Waals surface area contributed by atoms with Crippen LogP contribution in [-0.4, -0.2) is 30.8 Å². The Bertz CT molecular complexity index is 1490. The quantitative estimate of drug-likeness (QED) is 0.276. The summed E-state index contributed by atoms with van der Waals surface area (Å²) in [4.78, 5) is 51.7. The SMILES string of the molecule is COC(=O)C1=C(C)N(c2ccc(C)c(Cl)c2)C(=O)/C1=C/c1ccc(CNC(=O)C(=O)Nc2ccccc2)o1. The van der Waals surface area contributed by atoms with Crippen molar-refractivity contribution < 1.29 is 28.3 Å². The number of amides is 3. The van der Waals surface area contributed by atoms with Crippen LogP contribution in [0.2, 0.25) is 5.02 Å². The van der Waals surface area contributed by atoms with Crippen molar-refractivity contribution >= 4 is 52.7 Å². The molecule has 2 N–H and O–H groups in total. The number of aryl methyl sites for hydroxylation is 1. The number of anilines is 2. The van der Waals surface area contributed by atoms with Crippen LogP contribution in [0.5, 0.6) is 0 Å². The van der Waals surface area contributed by atoms with Crippen LogP contribution in [0.1, 0.15) is 24.0 Å². The number of carbonyl (C=O) groups excluding carboxylic acids is 4. The molecule has 2 aromatic carbocycles. The second-order valence-corrected chi connectivity index (χ2v) is 8.80. The van der Waals surface area contributed by atoms with E-state index in [1.54, 1.807) is 67.6 Å². The number of hydrogen-bond donors (Lipinski definition) is 2. The Morgan fingerprint density at radius 3 is 2.45 bits per heavy atom. The molecule has 38 heavy (non-hydrogen) atoms. The Morgan fingerprint density at radius 1 is 1.03 bits per heavy atom. The number of methoxy groups -OCH3 is 1. The molecule has 3 aromatic rings. The van der Waals surface area contributed by atoms with E-state index in [1.807, 2.05) is 6.92 Å².